The fourth-order valence-electron chi connectivity index (χ4n) is 2.81. The van der Waals surface area contributed by atoms with E-state index in [0.717, 1.165) is 29.5 Å². The monoisotopic (exact) mass is 359 g/mol. The maximum absolute atomic E-state index is 12.2. The molecule has 132 valence electrons. The zero-order valence-corrected chi connectivity index (χ0v) is 14.8. The highest BCUT2D eigenvalue weighted by atomic mass is 35.5. The number of rotatable bonds is 5. The molecule has 2 aromatic rings. The van der Waals surface area contributed by atoms with Crippen LogP contribution in [0, 0.1) is 0 Å². The predicted molar refractivity (Wildman–Crippen MR) is 101 cm³/mol. The van der Waals surface area contributed by atoms with Gasteiger partial charge >= 0.3 is 6.03 Å². The molecule has 0 bridgehead atoms. The van der Waals surface area contributed by atoms with Crippen molar-refractivity contribution in [3.05, 3.63) is 59.6 Å². The number of hydrogen-bond acceptors (Lipinski definition) is 3. The highest BCUT2D eigenvalue weighted by Crippen LogP contribution is 2.25. The smallest absolute Gasteiger partial charge is 0.317 e. The minimum atomic E-state index is -0.0459. The maximum Gasteiger partial charge on any atom is 0.317 e. The van der Waals surface area contributed by atoms with Crippen LogP contribution in [-0.4, -0.2) is 50.3 Å². The predicted octanol–water partition coefficient (Wildman–Crippen LogP) is 3.25. The molecule has 1 aliphatic heterocycles. The van der Waals surface area contributed by atoms with E-state index < -0.39 is 0 Å². The van der Waals surface area contributed by atoms with Crippen LogP contribution in [0.25, 0.3) is 0 Å². The summed E-state index contributed by atoms with van der Waals surface area (Å²) >= 11 is 6.24. The lowest BCUT2D eigenvalue weighted by molar-refractivity contribution is 0.191. The molecule has 3 rings (SSSR count). The van der Waals surface area contributed by atoms with Gasteiger partial charge in [-0.05, 0) is 24.3 Å². The van der Waals surface area contributed by atoms with Gasteiger partial charge in [0.2, 0.25) is 0 Å². The van der Waals surface area contributed by atoms with Crippen LogP contribution < -0.4 is 15.0 Å². The second kappa shape index (κ2) is 8.62. The van der Waals surface area contributed by atoms with Crippen LogP contribution in [0.2, 0.25) is 5.02 Å². The molecule has 6 heteroatoms. The fraction of sp³-hybridized carbons (Fsp3) is 0.316. The van der Waals surface area contributed by atoms with E-state index in [9.17, 15) is 4.79 Å². The number of benzene rings is 2. The molecule has 0 unspecified atom stereocenters. The molecule has 1 aliphatic rings. The van der Waals surface area contributed by atoms with Gasteiger partial charge in [0.05, 0.1) is 17.3 Å². The number of carbonyl (C=O) groups is 1. The lowest BCUT2D eigenvalue weighted by Crippen LogP contribution is -2.52. The Labute approximate surface area is 153 Å². The molecule has 1 saturated heterocycles. The van der Waals surface area contributed by atoms with Crippen molar-refractivity contribution in [2.24, 2.45) is 0 Å². The van der Waals surface area contributed by atoms with E-state index in [-0.39, 0.29) is 6.03 Å². The summed E-state index contributed by atoms with van der Waals surface area (Å²) < 4.78 is 5.58. The molecule has 0 aliphatic carbocycles. The van der Waals surface area contributed by atoms with Crippen LogP contribution in [0.1, 0.15) is 0 Å². The number of urea groups is 1. The van der Waals surface area contributed by atoms with E-state index >= 15 is 0 Å². The molecule has 5 nitrogen and oxygen atoms in total. The largest absolute Gasteiger partial charge is 0.492 e. The van der Waals surface area contributed by atoms with Crippen LogP contribution in [0.3, 0.4) is 0 Å². The van der Waals surface area contributed by atoms with Gasteiger partial charge in [0.15, 0.2) is 0 Å². The molecule has 0 spiro atoms. The number of carbonyl (C=O) groups excluding carboxylic acids is 1. The third-order valence-corrected chi connectivity index (χ3v) is 4.47. The van der Waals surface area contributed by atoms with Gasteiger partial charge in [-0.3, -0.25) is 0 Å². The third kappa shape index (κ3) is 4.79. The van der Waals surface area contributed by atoms with Crippen LogP contribution >= 0.6 is 11.6 Å². The van der Waals surface area contributed by atoms with Gasteiger partial charge in [-0.1, -0.05) is 41.9 Å². The molecule has 2 amide bonds. The fourth-order valence-corrected chi connectivity index (χ4v) is 3.07. The number of piperazine rings is 1. The van der Waals surface area contributed by atoms with Crippen LogP contribution in [0.5, 0.6) is 5.75 Å². The van der Waals surface area contributed by atoms with E-state index in [2.05, 4.69) is 10.2 Å². The Kier molecular flexibility index (Phi) is 6.01. The Morgan fingerprint density at radius 2 is 1.68 bits per heavy atom. The minimum absolute atomic E-state index is 0.0459. The Bertz CT molecular complexity index is 688. The van der Waals surface area contributed by atoms with E-state index in [0.29, 0.717) is 26.2 Å². The Morgan fingerprint density at radius 3 is 2.40 bits per heavy atom. The van der Waals surface area contributed by atoms with Crippen molar-refractivity contribution in [1.82, 2.24) is 10.2 Å². The highest BCUT2D eigenvalue weighted by molar-refractivity contribution is 6.33. The van der Waals surface area contributed by atoms with E-state index in [1.165, 1.54) is 0 Å². The van der Waals surface area contributed by atoms with Crippen molar-refractivity contribution in [2.45, 2.75) is 0 Å². The molecular weight excluding hydrogens is 338 g/mol. The number of anilines is 1. The zero-order chi connectivity index (χ0) is 17.5. The summed E-state index contributed by atoms with van der Waals surface area (Å²) in [6, 6.07) is 17.3. The number of amides is 2. The second-order valence-corrected chi connectivity index (χ2v) is 6.23. The van der Waals surface area contributed by atoms with E-state index in [4.69, 9.17) is 16.3 Å². The molecular formula is C19H22ClN3O2. The van der Waals surface area contributed by atoms with Crippen molar-refractivity contribution in [3.8, 4) is 5.75 Å². The lowest BCUT2D eigenvalue weighted by atomic mass is 10.2. The first-order valence-corrected chi connectivity index (χ1v) is 8.82. The van der Waals surface area contributed by atoms with Gasteiger partial charge in [0.1, 0.15) is 12.4 Å². The Morgan fingerprint density at radius 1 is 1.00 bits per heavy atom. The number of nitrogens with zero attached hydrogens (tertiary/aromatic N) is 2. The Balaban J connectivity index is 1.39. The number of nitrogens with one attached hydrogen (secondary N) is 1. The minimum Gasteiger partial charge on any atom is -0.492 e. The Hall–Kier alpha value is -2.40. The van der Waals surface area contributed by atoms with Gasteiger partial charge in [0.25, 0.3) is 0 Å². The van der Waals surface area contributed by atoms with Gasteiger partial charge in [-0.15, -0.1) is 0 Å². The molecule has 1 fully saturated rings. The maximum atomic E-state index is 12.2. The summed E-state index contributed by atoms with van der Waals surface area (Å²) in [5.74, 6) is 0.810. The molecule has 0 aromatic heterocycles. The van der Waals surface area contributed by atoms with Crippen LogP contribution in [0.15, 0.2) is 54.6 Å². The summed E-state index contributed by atoms with van der Waals surface area (Å²) in [5, 5.41) is 3.65. The molecule has 0 saturated carbocycles. The summed E-state index contributed by atoms with van der Waals surface area (Å²) in [6.07, 6.45) is 0. The average molecular weight is 360 g/mol. The van der Waals surface area contributed by atoms with Crippen molar-refractivity contribution < 1.29 is 9.53 Å². The molecule has 0 atom stereocenters. The van der Waals surface area contributed by atoms with Gasteiger partial charge in [0, 0.05) is 26.2 Å². The average Bonchev–Trinajstić information content (AvgIpc) is 2.66. The van der Waals surface area contributed by atoms with Crippen molar-refractivity contribution in [1.29, 1.82) is 0 Å². The highest BCUT2D eigenvalue weighted by Gasteiger charge is 2.21. The quantitative estimate of drug-likeness (QED) is 0.833. The standard InChI is InChI=1S/C19H22ClN3O2/c20-17-8-4-5-9-18(17)22-11-13-23(14-12-22)19(24)21-10-15-25-16-6-2-1-3-7-16/h1-9H,10-15H2,(H,21,24). The normalized spacial score (nSPS) is 14.3. The van der Waals surface area contributed by atoms with E-state index in [1.807, 2.05) is 59.5 Å². The summed E-state index contributed by atoms with van der Waals surface area (Å²) in [6.45, 7) is 3.84. The van der Waals surface area contributed by atoms with Gasteiger partial charge in [-0.2, -0.15) is 0 Å². The van der Waals surface area contributed by atoms with Gasteiger partial charge < -0.3 is 19.9 Å². The molecule has 0 radical (unpaired) electrons. The number of ether oxygens (including phenoxy) is 1. The van der Waals surface area contributed by atoms with Crippen LogP contribution in [0.4, 0.5) is 10.5 Å². The lowest BCUT2D eigenvalue weighted by Gasteiger charge is -2.36. The first kappa shape index (κ1) is 17.4. The second-order valence-electron chi connectivity index (χ2n) is 5.82. The van der Waals surface area contributed by atoms with Gasteiger partial charge in [-0.25, -0.2) is 4.79 Å². The van der Waals surface area contributed by atoms with E-state index in [1.54, 1.807) is 0 Å². The SMILES string of the molecule is O=C(NCCOc1ccccc1)N1CCN(c2ccccc2Cl)CC1. The first-order chi connectivity index (χ1) is 12.2. The summed E-state index contributed by atoms with van der Waals surface area (Å²) in [5.41, 5.74) is 1.03. The summed E-state index contributed by atoms with van der Waals surface area (Å²) in [7, 11) is 0. The first-order valence-electron chi connectivity index (χ1n) is 8.44. The summed E-state index contributed by atoms with van der Waals surface area (Å²) in [4.78, 5) is 16.3. The number of hydrogen-bond donors (Lipinski definition) is 1. The third-order valence-electron chi connectivity index (χ3n) is 4.15. The van der Waals surface area contributed by atoms with Crippen LogP contribution in [-0.2, 0) is 0 Å². The van der Waals surface area contributed by atoms with Crippen molar-refractivity contribution in [3.63, 3.8) is 0 Å². The molecule has 2 aromatic carbocycles. The number of halogens is 1. The van der Waals surface area contributed by atoms with Crippen molar-refractivity contribution in [2.75, 3.05) is 44.2 Å². The molecule has 1 N–H and O–H groups in total. The zero-order valence-electron chi connectivity index (χ0n) is 14.0. The topological polar surface area (TPSA) is 44.8 Å². The molecule has 25 heavy (non-hydrogen) atoms. The van der Waals surface area contributed by atoms with Crippen molar-refractivity contribution >= 4 is 23.3 Å². The number of para-hydroxylation sites is 2. The molecule has 1 heterocycles.